The number of aliphatic hydroxyl groups is 3. The van der Waals surface area contributed by atoms with Crippen LogP contribution in [-0.2, 0) is 19.2 Å². The number of fused-ring (bicyclic) bond motifs is 5. The molecule has 0 spiro atoms. The summed E-state index contributed by atoms with van der Waals surface area (Å²) in [4.78, 5) is 41.8. The molecule has 0 heterocycles. The number of carboxylic acids is 1. The first kappa shape index (κ1) is 31.3. The van der Waals surface area contributed by atoms with Gasteiger partial charge in [-0.1, -0.05) is 54.9 Å². The standard InChI is InChI=1S/C33H44N2O8/c1-31-12-10-23(35-43-19-28(39)34-17-21(14-29(40)41)20-6-4-3-5-7-20)15-22(31)8-9-24-25-11-13-33(42,27(38)18-36)32(25,2)16-26(37)30(24)31/h3-7,15,21,24-26,30,36-37,42H,8-14,16-19H2,1-2H3,(H,34,39)(H,40,41)/b35-23+/t21-,24-,25-,26+,30+,31-,32-,33-/m0/s1. The van der Waals surface area contributed by atoms with Crippen molar-refractivity contribution >= 4 is 23.4 Å². The molecule has 0 radical (unpaired) electrons. The molecule has 0 aliphatic heterocycles. The Morgan fingerprint density at radius 1 is 1.12 bits per heavy atom. The summed E-state index contributed by atoms with van der Waals surface area (Å²) in [6.07, 6.45) is 5.63. The van der Waals surface area contributed by atoms with Gasteiger partial charge in [0.2, 0.25) is 0 Å². The molecule has 0 unspecified atom stereocenters. The summed E-state index contributed by atoms with van der Waals surface area (Å²) in [5.74, 6) is -1.97. The van der Waals surface area contributed by atoms with Crippen LogP contribution in [0.25, 0.3) is 0 Å². The van der Waals surface area contributed by atoms with Crippen molar-refractivity contribution in [3.63, 3.8) is 0 Å². The smallest absolute Gasteiger partial charge is 0.304 e. The number of oxime groups is 1. The Morgan fingerprint density at radius 2 is 1.86 bits per heavy atom. The highest BCUT2D eigenvalue weighted by Crippen LogP contribution is 2.67. The predicted octanol–water partition coefficient (Wildman–Crippen LogP) is 2.96. The number of carbonyl (C=O) groups excluding carboxylic acids is 2. The minimum absolute atomic E-state index is 0.00578. The third-order valence-electron chi connectivity index (χ3n) is 11.3. The lowest BCUT2D eigenvalue weighted by atomic mass is 9.45. The van der Waals surface area contributed by atoms with E-state index in [1.165, 1.54) is 5.57 Å². The highest BCUT2D eigenvalue weighted by molar-refractivity contribution is 5.96. The van der Waals surface area contributed by atoms with Gasteiger partial charge in [-0.3, -0.25) is 14.4 Å². The first-order valence-electron chi connectivity index (χ1n) is 15.4. The zero-order chi connectivity index (χ0) is 31.0. The molecule has 5 N–H and O–H groups in total. The number of allylic oxidation sites excluding steroid dienone is 2. The molecule has 1 aromatic rings. The van der Waals surface area contributed by atoms with Gasteiger partial charge >= 0.3 is 5.97 Å². The molecule has 5 rings (SSSR count). The number of hydrogen-bond donors (Lipinski definition) is 5. The van der Waals surface area contributed by atoms with Crippen LogP contribution in [0.5, 0.6) is 0 Å². The molecule has 10 heteroatoms. The Hall–Kier alpha value is -3.08. The monoisotopic (exact) mass is 596 g/mol. The second kappa shape index (κ2) is 12.1. The molecular formula is C33H44N2O8. The lowest BCUT2D eigenvalue weighted by Crippen LogP contribution is -2.62. The number of carbonyl (C=O) groups is 3. The van der Waals surface area contributed by atoms with Crippen molar-refractivity contribution in [1.82, 2.24) is 5.32 Å². The molecule has 0 bridgehead atoms. The van der Waals surface area contributed by atoms with Crippen LogP contribution in [0.4, 0.5) is 0 Å². The average molecular weight is 597 g/mol. The van der Waals surface area contributed by atoms with E-state index in [4.69, 9.17) is 4.84 Å². The molecule has 4 aliphatic carbocycles. The first-order valence-corrected chi connectivity index (χ1v) is 15.4. The first-order chi connectivity index (χ1) is 20.4. The van der Waals surface area contributed by atoms with Gasteiger partial charge in [0.15, 0.2) is 12.4 Å². The van der Waals surface area contributed by atoms with Crippen LogP contribution < -0.4 is 5.32 Å². The van der Waals surface area contributed by atoms with E-state index in [1.54, 1.807) is 0 Å². The largest absolute Gasteiger partial charge is 0.481 e. The fourth-order valence-corrected chi connectivity index (χ4v) is 9.07. The maximum Gasteiger partial charge on any atom is 0.304 e. The van der Waals surface area contributed by atoms with Crippen LogP contribution in [0, 0.1) is 28.6 Å². The number of nitrogens with zero attached hydrogens (tertiary/aromatic N) is 1. The second-order valence-electron chi connectivity index (χ2n) is 13.5. The molecule has 43 heavy (non-hydrogen) atoms. The van der Waals surface area contributed by atoms with E-state index in [1.807, 2.05) is 43.3 Å². The number of carboxylic acid groups (broad SMARTS) is 1. The van der Waals surface area contributed by atoms with Crippen molar-refractivity contribution in [2.45, 2.75) is 82.8 Å². The number of nitrogens with one attached hydrogen (secondary N) is 1. The molecule has 3 saturated carbocycles. The van der Waals surface area contributed by atoms with Crippen LogP contribution >= 0.6 is 0 Å². The third kappa shape index (κ3) is 5.65. The number of aliphatic hydroxyl groups excluding tert-OH is 2. The Kier molecular flexibility index (Phi) is 8.84. The van der Waals surface area contributed by atoms with Crippen LogP contribution in [0.3, 0.4) is 0 Å². The normalized spacial score (nSPS) is 36.5. The van der Waals surface area contributed by atoms with E-state index in [2.05, 4.69) is 17.4 Å². The van der Waals surface area contributed by atoms with Crippen LogP contribution in [0.15, 0.2) is 47.1 Å². The van der Waals surface area contributed by atoms with Gasteiger partial charge in [-0.25, -0.2) is 0 Å². The Morgan fingerprint density at radius 3 is 2.56 bits per heavy atom. The molecule has 1 amide bonds. The van der Waals surface area contributed by atoms with Crippen molar-refractivity contribution in [2.24, 2.45) is 33.7 Å². The van der Waals surface area contributed by atoms with Gasteiger partial charge in [0.1, 0.15) is 12.2 Å². The molecule has 10 nitrogen and oxygen atoms in total. The summed E-state index contributed by atoms with van der Waals surface area (Å²) in [7, 11) is 0. The van der Waals surface area contributed by atoms with E-state index < -0.39 is 35.5 Å². The van der Waals surface area contributed by atoms with Gasteiger partial charge in [0, 0.05) is 17.9 Å². The van der Waals surface area contributed by atoms with Gasteiger partial charge in [-0.15, -0.1) is 0 Å². The summed E-state index contributed by atoms with van der Waals surface area (Å²) in [6.45, 7) is 3.31. The topological polar surface area (TPSA) is 166 Å². The van der Waals surface area contributed by atoms with Crippen molar-refractivity contribution in [2.75, 3.05) is 19.8 Å². The number of rotatable bonds is 10. The minimum atomic E-state index is -1.61. The molecule has 0 aromatic heterocycles. The molecule has 8 atom stereocenters. The SMILES string of the molecule is C[C@]12CC/C(=N\OCC(=O)NC[C@H](CC(=O)O)c3ccccc3)C=C1CC[C@@H]1[C@@H]2[C@H](O)C[C@@]2(C)[C@H]1CC[C@]2(O)C(=O)CO. The van der Waals surface area contributed by atoms with Crippen molar-refractivity contribution < 1.29 is 39.6 Å². The van der Waals surface area contributed by atoms with Gasteiger partial charge in [0.05, 0.1) is 18.2 Å². The van der Waals surface area contributed by atoms with Gasteiger partial charge in [-0.2, -0.15) is 0 Å². The number of aliphatic carboxylic acids is 1. The summed E-state index contributed by atoms with van der Waals surface area (Å²) in [5, 5.41) is 48.8. The van der Waals surface area contributed by atoms with Gasteiger partial charge in [-0.05, 0) is 79.8 Å². The fourth-order valence-electron chi connectivity index (χ4n) is 9.07. The summed E-state index contributed by atoms with van der Waals surface area (Å²) in [5.41, 5.74) is 0.157. The molecule has 3 fully saturated rings. The van der Waals surface area contributed by atoms with E-state index in [0.29, 0.717) is 25.7 Å². The predicted molar refractivity (Wildman–Crippen MR) is 158 cm³/mol. The van der Waals surface area contributed by atoms with E-state index in [9.17, 15) is 34.8 Å². The maximum atomic E-state index is 12.6. The van der Waals surface area contributed by atoms with E-state index >= 15 is 0 Å². The fraction of sp³-hybridized carbons (Fsp3) is 0.636. The number of hydrogen-bond acceptors (Lipinski definition) is 8. The third-order valence-corrected chi connectivity index (χ3v) is 11.3. The molecule has 1 aromatic carbocycles. The van der Waals surface area contributed by atoms with Crippen LogP contribution in [0.2, 0.25) is 0 Å². The molecule has 4 aliphatic rings. The van der Waals surface area contributed by atoms with Crippen LogP contribution in [0.1, 0.15) is 76.7 Å². The average Bonchev–Trinajstić information content (AvgIpc) is 3.25. The maximum absolute atomic E-state index is 12.6. The highest BCUT2D eigenvalue weighted by Gasteiger charge is 2.68. The summed E-state index contributed by atoms with van der Waals surface area (Å²) < 4.78 is 0. The Balaban J connectivity index is 1.21. The number of benzene rings is 1. The summed E-state index contributed by atoms with van der Waals surface area (Å²) in [6, 6.07) is 9.22. The minimum Gasteiger partial charge on any atom is -0.481 e. The van der Waals surface area contributed by atoms with Crippen molar-refractivity contribution in [3.8, 4) is 0 Å². The number of Topliss-reactive ketones (excluding diaryl/α,β-unsaturated/α-hetero) is 1. The van der Waals surface area contributed by atoms with Gasteiger partial charge in [0.25, 0.3) is 5.91 Å². The molecule has 234 valence electrons. The zero-order valence-corrected chi connectivity index (χ0v) is 25.0. The van der Waals surface area contributed by atoms with Gasteiger partial charge < -0.3 is 30.6 Å². The van der Waals surface area contributed by atoms with E-state index in [-0.39, 0.29) is 54.6 Å². The molecular weight excluding hydrogens is 552 g/mol. The van der Waals surface area contributed by atoms with Crippen molar-refractivity contribution in [1.29, 1.82) is 0 Å². The summed E-state index contributed by atoms with van der Waals surface area (Å²) >= 11 is 0. The van der Waals surface area contributed by atoms with Crippen LogP contribution in [-0.4, -0.2) is 75.3 Å². The van der Waals surface area contributed by atoms with Crippen molar-refractivity contribution in [3.05, 3.63) is 47.5 Å². The zero-order valence-electron chi connectivity index (χ0n) is 25.0. The lowest BCUT2D eigenvalue weighted by molar-refractivity contribution is -0.181. The quantitative estimate of drug-likeness (QED) is 0.257. The highest BCUT2D eigenvalue weighted by atomic mass is 16.6. The number of amides is 1. The Labute approximate surface area is 252 Å². The Bertz CT molecular complexity index is 1300. The number of ketones is 1. The molecule has 0 saturated heterocycles. The van der Waals surface area contributed by atoms with E-state index in [0.717, 1.165) is 30.5 Å². The lowest BCUT2D eigenvalue weighted by Gasteiger charge is -2.60. The second-order valence-corrected chi connectivity index (χ2v) is 13.5.